The highest BCUT2D eigenvalue weighted by Crippen LogP contribution is 2.65. The van der Waals surface area contributed by atoms with E-state index in [9.17, 15) is 0 Å². The average molecular weight is 816 g/mol. The molecule has 0 amide bonds. The third kappa shape index (κ3) is 4.81. The number of hydrogen-bond donors (Lipinski definition) is 0. The topological polar surface area (TPSA) is 29.5 Å². The quantitative estimate of drug-likeness (QED) is 0.173. The van der Waals surface area contributed by atoms with Gasteiger partial charge >= 0.3 is 0 Å². The lowest BCUT2D eigenvalue weighted by molar-refractivity contribution is 0.664. The van der Waals surface area contributed by atoms with Gasteiger partial charge in [0.05, 0.1) is 22.2 Å². The van der Waals surface area contributed by atoms with Crippen molar-refractivity contribution < 1.29 is 8.83 Å². The van der Waals surface area contributed by atoms with Crippen LogP contribution in [0.2, 0.25) is 0 Å². The number of nitrogens with zero attached hydrogens (tertiary/aromatic N) is 1. The van der Waals surface area contributed by atoms with E-state index in [2.05, 4.69) is 223 Å². The predicted octanol–water partition coefficient (Wildman–Crippen LogP) is 16.6. The Hall–Kier alpha value is -8.40. The molecule has 10 aromatic carbocycles. The first kappa shape index (κ1) is 35.2. The number of rotatable bonds is 5. The van der Waals surface area contributed by atoms with E-state index in [1.165, 1.54) is 55.6 Å². The van der Waals surface area contributed by atoms with Gasteiger partial charge in [0.1, 0.15) is 22.3 Å². The normalized spacial score (nSPS) is 13.1. The summed E-state index contributed by atoms with van der Waals surface area (Å²) >= 11 is 0. The van der Waals surface area contributed by atoms with Crippen molar-refractivity contribution in [1.29, 1.82) is 0 Å². The van der Waals surface area contributed by atoms with Crippen molar-refractivity contribution in [3.05, 3.63) is 247 Å². The van der Waals surface area contributed by atoms with E-state index >= 15 is 0 Å². The van der Waals surface area contributed by atoms with E-state index in [0.717, 1.165) is 72.1 Å². The summed E-state index contributed by atoms with van der Waals surface area (Å²) < 4.78 is 13.6. The van der Waals surface area contributed by atoms with Crippen LogP contribution in [0.3, 0.4) is 0 Å². The number of hydrogen-bond acceptors (Lipinski definition) is 3. The Balaban J connectivity index is 1.03. The lowest BCUT2D eigenvalue weighted by atomic mass is 9.70. The summed E-state index contributed by atoms with van der Waals surface area (Å²) in [6, 6.07) is 81.4. The van der Waals surface area contributed by atoms with Crippen molar-refractivity contribution >= 4 is 60.9 Å². The van der Waals surface area contributed by atoms with Gasteiger partial charge in [-0.2, -0.15) is 0 Å². The van der Waals surface area contributed by atoms with E-state index in [0.29, 0.717) is 0 Å². The Bertz CT molecular complexity index is 3790. The fraction of sp³-hybridized carbons (Fsp3) is 0.0164. The zero-order valence-electron chi connectivity index (χ0n) is 34.6. The van der Waals surface area contributed by atoms with Crippen molar-refractivity contribution in [3.63, 3.8) is 0 Å². The molecule has 14 rings (SSSR count). The molecule has 2 heterocycles. The molecule has 1 spiro atoms. The van der Waals surface area contributed by atoms with E-state index in [-0.39, 0.29) is 0 Å². The van der Waals surface area contributed by atoms with Crippen LogP contribution in [0.1, 0.15) is 22.3 Å². The minimum absolute atomic E-state index is 0.473. The van der Waals surface area contributed by atoms with Crippen LogP contribution in [0.25, 0.3) is 88.4 Å². The van der Waals surface area contributed by atoms with Gasteiger partial charge < -0.3 is 13.7 Å². The Morgan fingerprint density at radius 3 is 1.53 bits per heavy atom. The Morgan fingerprint density at radius 2 is 0.812 bits per heavy atom. The van der Waals surface area contributed by atoms with Crippen LogP contribution in [0, 0.1) is 0 Å². The Labute approximate surface area is 369 Å². The van der Waals surface area contributed by atoms with Crippen molar-refractivity contribution in [3.8, 4) is 44.5 Å². The molecule has 64 heavy (non-hydrogen) atoms. The van der Waals surface area contributed by atoms with Crippen LogP contribution in [-0.4, -0.2) is 0 Å². The van der Waals surface area contributed by atoms with Gasteiger partial charge in [0.2, 0.25) is 0 Å². The van der Waals surface area contributed by atoms with Gasteiger partial charge in [0, 0.05) is 27.4 Å². The van der Waals surface area contributed by atoms with Crippen LogP contribution in [0.15, 0.2) is 233 Å². The molecule has 12 aromatic rings. The molecule has 298 valence electrons. The van der Waals surface area contributed by atoms with Gasteiger partial charge in [-0.1, -0.05) is 170 Å². The lowest BCUT2D eigenvalue weighted by Crippen LogP contribution is -2.26. The molecule has 0 saturated carbocycles. The van der Waals surface area contributed by atoms with E-state index in [1.54, 1.807) is 0 Å². The molecule has 0 aliphatic heterocycles. The van der Waals surface area contributed by atoms with Crippen molar-refractivity contribution in [1.82, 2.24) is 0 Å². The highest BCUT2D eigenvalue weighted by Gasteiger charge is 2.52. The maximum Gasteiger partial charge on any atom is 0.137 e. The molecule has 0 N–H and O–H groups in total. The van der Waals surface area contributed by atoms with Crippen LogP contribution < -0.4 is 4.90 Å². The number of furan rings is 2. The van der Waals surface area contributed by atoms with Crippen LogP contribution in [-0.2, 0) is 5.41 Å². The standard InChI is InChI=1S/C61H37NO2/c1-3-15-38(16-4-1)40-29-32-42(33-30-40)62(53-26-13-25-52-59(53)46-21-9-12-24-51(46)61(52)49-22-10-7-19-43(49)44-20-8-11-23-50(44)61)54-27-14-28-55-60(54)48-37-57-47(36-58(48)63-55)45-34-31-41(35-56(45)64-57)39-17-5-2-6-18-39/h1-37H. The van der Waals surface area contributed by atoms with Gasteiger partial charge in [-0.25, -0.2) is 0 Å². The molecule has 3 nitrogen and oxygen atoms in total. The molecule has 0 unspecified atom stereocenters. The molecule has 0 saturated heterocycles. The summed E-state index contributed by atoms with van der Waals surface area (Å²) in [4.78, 5) is 2.46. The SMILES string of the molecule is c1ccc(-c2ccc(N(c3cccc4c3-c3ccccc3C43c4ccccc4-c4ccccc43)c3cccc4oc5cc6c(cc5c34)oc3cc(-c4ccccc4)ccc36)cc2)cc1. The highest BCUT2D eigenvalue weighted by atomic mass is 16.3. The molecule has 0 radical (unpaired) electrons. The molecule has 3 heteroatoms. The zero-order chi connectivity index (χ0) is 41.9. The first-order valence-electron chi connectivity index (χ1n) is 22.0. The highest BCUT2D eigenvalue weighted by molar-refractivity contribution is 6.19. The fourth-order valence-corrected chi connectivity index (χ4v) is 11.2. The molecular weight excluding hydrogens is 779 g/mol. The van der Waals surface area contributed by atoms with Crippen molar-refractivity contribution in [2.45, 2.75) is 5.41 Å². The lowest BCUT2D eigenvalue weighted by Gasteiger charge is -2.32. The molecule has 2 aliphatic rings. The first-order chi connectivity index (χ1) is 31.7. The van der Waals surface area contributed by atoms with E-state index in [1.807, 2.05) is 6.07 Å². The number of anilines is 3. The Morgan fingerprint density at radius 1 is 0.312 bits per heavy atom. The van der Waals surface area contributed by atoms with Crippen LogP contribution >= 0.6 is 0 Å². The average Bonchev–Trinajstić information content (AvgIpc) is 4.09. The molecule has 0 bridgehead atoms. The smallest absolute Gasteiger partial charge is 0.137 e. The largest absolute Gasteiger partial charge is 0.456 e. The van der Waals surface area contributed by atoms with Crippen molar-refractivity contribution in [2.24, 2.45) is 0 Å². The molecule has 0 atom stereocenters. The first-order valence-corrected chi connectivity index (χ1v) is 22.0. The summed E-state index contributed by atoms with van der Waals surface area (Å²) in [5.41, 5.74) is 21.0. The van der Waals surface area contributed by atoms with Crippen LogP contribution in [0.4, 0.5) is 17.1 Å². The van der Waals surface area contributed by atoms with E-state index in [4.69, 9.17) is 8.83 Å². The summed E-state index contributed by atoms with van der Waals surface area (Å²) in [6.45, 7) is 0. The van der Waals surface area contributed by atoms with Crippen molar-refractivity contribution in [2.75, 3.05) is 4.90 Å². The second kappa shape index (κ2) is 13.3. The van der Waals surface area contributed by atoms with E-state index < -0.39 is 5.41 Å². The number of fused-ring (bicyclic) bond motifs is 16. The van der Waals surface area contributed by atoms with Gasteiger partial charge in [0.15, 0.2) is 0 Å². The van der Waals surface area contributed by atoms with Gasteiger partial charge in [-0.05, 0) is 116 Å². The minimum Gasteiger partial charge on any atom is -0.456 e. The molecule has 0 fully saturated rings. The summed E-state index contributed by atoms with van der Waals surface area (Å²) in [5, 5.41) is 4.15. The third-order valence-corrected chi connectivity index (χ3v) is 13.9. The zero-order valence-corrected chi connectivity index (χ0v) is 34.6. The summed E-state index contributed by atoms with van der Waals surface area (Å²) in [7, 11) is 0. The second-order valence-electron chi connectivity index (χ2n) is 17.1. The third-order valence-electron chi connectivity index (χ3n) is 13.9. The molecule has 2 aromatic heterocycles. The maximum absolute atomic E-state index is 6.85. The minimum atomic E-state index is -0.473. The molecule has 2 aliphatic carbocycles. The molecular formula is C61H37NO2. The monoisotopic (exact) mass is 815 g/mol. The van der Waals surface area contributed by atoms with Gasteiger partial charge in [0.25, 0.3) is 0 Å². The predicted molar refractivity (Wildman–Crippen MR) is 263 cm³/mol. The number of benzene rings is 10. The fourth-order valence-electron chi connectivity index (χ4n) is 11.2. The maximum atomic E-state index is 6.85. The summed E-state index contributed by atoms with van der Waals surface area (Å²) in [6.07, 6.45) is 0. The second-order valence-corrected chi connectivity index (χ2v) is 17.1. The Kier molecular flexibility index (Phi) is 7.32. The van der Waals surface area contributed by atoms with Gasteiger partial charge in [-0.15, -0.1) is 0 Å². The van der Waals surface area contributed by atoms with Gasteiger partial charge in [-0.3, -0.25) is 0 Å². The van der Waals surface area contributed by atoms with Crippen LogP contribution in [0.5, 0.6) is 0 Å². The summed E-state index contributed by atoms with van der Waals surface area (Å²) in [5.74, 6) is 0.